The Hall–Kier alpha value is -1.11. The number of carbonyl (C=O) groups is 1. The molecule has 0 radical (unpaired) electrons. The van der Waals surface area contributed by atoms with Crippen LogP contribution in [0.4, 0.5) is 5.69 Å². The van der Waals surface area contributed by atoms with Gasteiger partial charge in [-0.3, -0.25) is 4.79 Å². The second-order valence-electron chi connectivity index (χ2n) is 3.95. The fourth-order valence-corrected chi connectivity index (χ4v) is 2.29. The number of anilines is 1. The molecule has 1 aromatic carbocycles. The Morgan fingerprint density at radius 1 is 1.39 bits per heavy atom. The van der Waals surface area contributed by atoms with Gasteiger partial charge in [0, 0.05) is 19.8 Å². The predicted octanol–water partition coefficient (Wildman–Crippen LogP) is 1.42. The molecule has 0 fully saturated rings. The molecule has 7 heteroatoms. The van der Waals surface area contributed by atoms with E-state index in [4.69, 9.17) is 11.6 Å². The molecule has 0 aliphatic rings. The summed E-state index contributed by atoms with van der Waals surface area (Å²) in [5.74, 6) is -0.552. The van der Waals surface area contributed by atoms with Crippen molar-refractivity contribution in [2.24, 2.45) is 0 Å². The molecule has 0 aliphatic carbocycles. The molecule has 0 aromatic heterocycles. The number of hydrogen-bond donors (Lipinski definition) is 1. The Bertz CT molecular complexity index is 555. The van der Waals surface area contributed by atoms with Crippen molar-refractivity contribution in [1.29, 1.82) is 0 Å². The molecule has 5 nitrogen and oxygen atoms in total. The molecule has 0 bridgehead atoms. The quantitative estimate of drug-likeness (QED) is 0.853. The summed E-state index contributed by atoms with van der Waals surface area (Å²) in [5, 5.41) is 2.56. The van der Waals surface area contributed by atoms with Crippen LogP contribution in [0.15, 0.2) is 23.1 Å². The number of nitrogens with one attached hydrogen (secondary N) is 1. The van der Waals surface area contributed by atoms with E-state index in [0.717, 1.165) is 9.87 Å². The van der Waals surface area contributed by atoms with Crippen molar-refractivity contribution < 1.29 is 13.2 Å². The lowest BCUT2D eigenvalue weighted by molar-refractivity contribution is -0.113. The maximum Gasteiger partial charge on any atom is 0.242 e. The second kappa shape index (κ2) is 5.69. The van der Waals surface area contributed by atoms with Crippen LogP contribution in [0, 0.1) is 6.92 Å². The van der Waals surface area contributed by atoms with Crippen molar-refractivity contribution in [3.63, 3.8) is 0 Å². The van der Waals surface area contributed by atoms with E-state index in [0.29, 0.717) is 5.69 Å². The van der Waals surface area contributed by atoms with Crippen LogP contribution >= 0.6 is 11.6 Å². The average molecular weight is 291 g/mol. The first-order valence-corrected chi connectivity index (χ1v) is 7.15. The second-order valence-corrected chi connectivity index (χ2v) is 6.37. The number of benzene rings is 1. The molecule has 1 N–H and O–H groups in total. The van der Waals surface area contributed by atoms with Gasteiger partial charge in [-0.25, -0.2) is 12.7 Å². The molecule has 18 heavy (non-hydrogen) atoms. The number of hydrogen-bond acceptors (Lipinski definition) is 3. The van der Waals surface area contributed by atoms with Crippen LogP contribution in [-0.4, -0.2) is 38.6 Å². The van der Waals surface area contributed by atoms with Crippen molar-refractivity contribution in [3.05, 3.63) is 23.8 Å². The third-order valence-electron chi connectivity index (χ3n) is 2.38. The third-order valence-corrected chi connectivity index (χ3v) is 4.44. The smallest absolute Gasteiger partial charge is 0.242 e. The average Bonchev–Trinajstić information content (AvgIpc) is 2.31. The lowest BCUT2D eigenvalue weighted by Gasteiger charge is -2.14. The van der Waals surface area contributed by atoms with Gasteiger partial charge in [0.15, 0.2) is 0 Å². The van der Waals surface area contributed by atoms with Crippen LogP contribution in [0.25, 0.3) is 0 Å². The zero-order valence-electron chi connectivity index (χ0n) is 10.4. The predicted molar refractivity (Wildman–Crippen MR) is 71.4 cm³/mol. The van der Waals surface area contributed by atoms with Gasteiger partial charge in [-0.05, 0) is 24.6 Å². The number of amides is 1. The Kier molecular flexibility index (Phi) is 4.72. The molecule has 0 aliphatic heterocycles. The van der Waals surface area contributed by atoms with Gasteiger partial charge in [0.05, 0.1) is 4.90 Å². The van der Waals surface area contributed by atoms with E-state index in [-0.39, 0.29) is 16.7 Å². The SMILES string of the molecule is Cc1ccc(S(=O)(=O)N(C)C)cc1NC(=O)CCl. The fourth-order valence-electron chi connectivity index (χ4n) is 1.29. The molecule has 0 atom stereocenters. The van der Waals surface area contributed by atoms with Gasteiger partial charge < -0.3 is 5.32 Å². The first-order valence-electron chi connectivity index (χ1n) is 5.18. The van der Waals surface area contributed by atoms with E-state index in [1.165, 1.54) is 26.2 Å². The monoisotopic (exact) mass is 290 g/mol. The molecule has 0 saturated heterocycles. The van der Waals surface area contributed by atoms with Crippen LogP contribution in [0.5, 0.6) is 0 Å². The minimum Gasteiger partial charge on any atom is -0.325 e. The summed E-state index contributed by atoms with van der Waals surface area (Å²) < 4.78 is 25.0. The van der Waals surface area contributed by atoms with Crippen LogP contribution in [0.1, 0.15) is 5.56 Å². The summed E-state index contributed by atoms with van der Waals surface area (Å²) in [6.45, 7) is 1.77. The minimum absolute atomic E-state index is 0.128. The highest BCUT2D eigenvalue weighted by atomic mass is 35.5. The Morgan fingerprint density at radius 3 is 2.50 bits per heavy atom. The van der Waals surface area contributed by atoms with Crippen LogP contribution in [0.3, 0.4) is 0 Å². The maximum atomic E-state index is 11.9. The molecule has 100 valence electrons. The summed E-state index contributed by atoms with van der Waals surface area (Å²) in [6, 6.07) is 4.57. The Labute approximate surface area is 112 Å². The summed E-state index contributed by atoms with van der Waals surface area (Å²) in [7, 11) is -0.608. The first kappa shape index (κ1) is 14.9. The standard InChI is InChI=1S/C11H15ClN2O3S/c1-8-4-5-9(18(16,17)14(2)3)6-10(8)13-11(15)7-12/h4-6H,7H2,1-3H3,(H,13,15). The molecule has 0 heterocycles. The molecule has 1 rings (SSSR count). The largest absolute Gasteiger partial charge is 0.325 e. The molecule has 0 saturated carbocycles. The molecule has 1 amide bonds. The Morgan fingerprint density at radius 2 is 2.00 bits per heavy atom. The van der Waals surface area contributed by atoms with Crippen molar-refractivity contribution >= 4 is 33.2 Å². The maximum absolute atomic E-state index is 11.9. The van der Waals surface area contributed by atoms with Crippen molar-refractivity contribution in [3.8, 4) is 0 Å². The van der Waals surface area contributed by atoms with Crippen LogP contribution < -0.4 is 5.32 Å². The van der Waals surface area contributed by atoms with Crippen LogP contribution in [-0.2, 0) is 14.8 Å². The number of halogens is 1. The molecule has 1 aromatic rings. The first-order chi connectivity index (χ1) is 8.28. The summed E-state index contributed by atoms with van der Waals surface area (Å²) in [5.41, 5.74) is 1.22. The summed E-state index contributed by atoms with van der Waals surface area (Å²) in [4.78, 5) is 11.4. The number of aryl methyl sites for hydroxylation is 1. The van der Waals surface area contributed by atoms with Gasteiger partial charge in [-0.2, -0.15) is 0 Å². The topological polar surface area (TPSA) is 66.5 Å². The normalized spacial score (nSPS) is 11.6. The zero-order chi connectivity index (χ0) is 13.9. The fraction of sp³-hybridized carbons (Fsp3) is 0.364. The van der Waals surface area contributed by atoms with Gasteiger partial charge in [0.25, 0.3) is 0 Å². The van der Waals surface area contributed by atoms with Crippen molar-refractivity contribution in [1.82, 2.24) is 4.31 Å². The highest BCUT2D eigenvalue weighted by molar-refractivity contribution is 7.89. The molecule has 0 spiro atoms. The highest BCUT2D eigenvalue weighted by Crippen LogP contribution is 2.21. The lowest BCUT2D eigenvalue weighted by atomic mass is 10.2. The molecule has 0 unspecified atom stereocenters. The van der Waals surface area contributed by atoms with Crippen molar-refractivity contribution in [2.45, 2.75) is 11.8 Å². The summed E-state index contributed by atoms with van der Waals surface area (Å²) in [6.07, 6.45) is 0. The summed E-state index contributed by atoms with van der Waals surface area (Å²) >= 11 is 5.40. The van der Waals surface area contributed by atoms with Gasteiger partial charge in [0.2, 0.25) is 15.9 Å². The lowest BCUT2D eigenvalue weighted by Crippen LogP contribution is -2.22. The number of alkyl halides is 1. The van der Waals surface area contributed by atoms with E-state index in [1.807, 2.05) is 0 Å². The number of sulfonamides is 1. The number of rotatable bonds is 4. The van der Waals surface area contributed by atoms with Crippen molar-refractivity contribution in [2.75, 3.05) is 25.3 Å². The van der Waals surface area contributed by atoms with E-state index in [9.17, 15) is 13.2 Å². The Balaban J connectivity index is 3.20. The number of carbonyl (C=O) groups excluding carboxylic acids is 1. The number of nitrogens with zero attached hydrogens (tertiary/aromatic N) is 1. The van der Waals surface area contributed by atoms with Gasteiger partial charge >= 0.3 is 0 Å². The van der Waals surface area contributed by atoms with E-state index in [2.05, 4.69) is 5.32 Å². The third kappa shape index (κ3) is 3.22. The minimum atomic E-state index is -3.51. The zero-order valence-corrected chi connectivity index (χ0v) is 12.0. The van der Waals surface area contributed by atoms with Gasteiger partial charge in [-0.15, -0.1) is 11.6 Å². The van der Waals surface area contributed by atoms with E-state index < -0.39 is 10.0 Å². The van der Waals surface area contributed by atoms with Gasteiger partial charge in [0.1, 0.15) is 5.88 Å². The molecular formula is C11H15ClN2O3S. The molecular weight excluding hydrogens is 276 g/mol. The van der Waals surface area contributed by atoms with Crippen LogP contribution in [0.2, 0.25) is 0 Å². The highest BCUT2D eigenvalue weighted by Gasteiger charge is 2.18. The van der Waals surface area contributed by atoms with E-state index >= 15 is 0 Å². The van der Waals surface area contributed by atoms with E-state index in [1.54, 1.807) is 13.0 Å². The van der Waals surface area contributed by atoms with Gasteiger partial charge in [-0.1, -0.05) is 6.07 Å².